The minimum absolute atomic E-state index is 0.0711. The third-order valence-corrected chi connectivity index (χ3v) is 3.43. The van der Waals surface area contributed by atoms with Gasteiger partial charge in [-0.15, -0.1) is 0 Å². The molecule has 0 aliphatic heterocycles. The van der Waals surface area contributed by atoms with Crippen LogP contribution in [0.2, 0.25) is 0 Å². The number of halogens is 1. The smallest absolute Gasteiger partial charge is 0.226 e. The molecule has 1 aromatic carbocycles. The number of amides is 1. The molecule has 1 amide bonds. The Morgan fingerprint density at radius 3 is 2.73 bits per heavy atom. The van der Waals surface area contributed by atoms with Gasteiger partial charge in [-0.1, -0.05) is 13.3 Å². The molecule has 0 aliphatic rings. The first-order chi connectivity index (χ1) is 10.6. The van der Waals surface area contributed by atoms with E-state index < -0.39 is 0 Å². The van der Waals surface area contributed by atoms with Crippen molar-refractivity contribution in [3.8, 4) is 11.5 Å². The number of carbonyl (C=O) groups is 1. The lowest BCUT2D eigenvalue weighted by atomic mass is 10.2. The minimum Gasteiger partial charge on any atom is -0.441 e. The second kappa shape index (κ2) is 7.73. The van der Waals surface area contributed by atoms with Gasteiger partial charge < -0.3 is 9.73 Å². The summed E-state index contributed by atoms with van der Waals surface area (Å²) in [6, 6.07) is 6.03. The van der Waals surface area contributed by atoms with E-state index in [9.17, 15) is 9.18 Å². The van der Waals surface area contributed by atoms with E-state index in [4.69, 9.17) is 4.42 Å². The van der Waals surface area contributed by atoms with Crippen LogP contribution in [0, 0.1) is 12.7 Å². The van der Waals surface area contributed by atoms with E-state index in [0.29, 0.717) is 25.3 Å². The summed E-state index contributed by atoms with van der Waals surface area (Å²) in [7, 11) is 0. The highest BCUT2D eigenvalue weighted by molar-refractivity contribution is 5.75. The van der Waals surface area contributed by atoms with Crippen LogP contribution < -0.4 is 5.32 Å². The van der Waals surface area contributed by atoms with Gasteiger partial charge in [0, 0.05) is 24.9 Å². The van der Waals surface area contributed by atoms with Crippen LogP contribution in [0.4, 0.5) is 4.39 Å². The quantitative estimate of drug-likeness (QED) is 0.849. The molecule has 0 aliphatic carbocycles. The first-order valence-electron chi connectivity index (χ1n) is 7.59. The van der Waals surface area contributed by atoms with Gasteiger partial charge in [0.2, 0.25) is 11.8 Å². The van der Waals surface area contributed by atoms with Crippen molar-refractivity contribution in [3.63, 3.8) is 0 Å². The molecule has 0 saturated carbocycles. The number of carbonyl (C=O) groups excluding carboxylic acids is 1. The van der Waals surface area contributed by atoms with E-state index in [1.165, 1.54) is 12.1 Å². The lowest BCUT2D eigenvalue weighted by molar-refractivity contribution is -0.121. The summed E-state index contributed by atoms with van der Waals surface area (Å²) in [6.07, 6.45) is 3.10. The third kappa shape index (κ3) is 4.41. The van der Waals surface area contributed by atoms with Crippen molar-refractivity contribution in [2.75, 3.05) is 6.54 Å². The summed E-state index contributed by atoms with van der Waals surface area (Å²) in [6.45, 7) is 4.44. The molecule has 2 rings (SSSR count). The molecular formula is C17H21FN2O2. The summed E-state index contributed by atoms with van der Waals surface area (Å²) in [4.78, 5) is 16.0. The zero-order valence-corrected chi connectivity index (χ0v) is 13.0. The van der Waals surface area contributed by atoms with Crippen molar-refractivity contribution in [1.29, 1.82) is 0 Å². The summed E-state index contributed by atoms with van der Waals surface area (Å²) >= 11 is 0. The SMILES string of the molecule is CCCCC(=O)NCCc1nc(-c2ccc(F)cc2)oc1C. The fourth-order valence-electron chi connectivity index (χ4n) is 2.12. The largest absolute Gasteiger partial charge is 0.441 e. The standard InChI is InChI=1S/C17H21FN2O2/c1-3-4-5-16(21)19-11-10-15-12(2)22-17(20-15)13-6-8-14(18)9-7-13/h6-9H,3-5,10-11H2,1-2H3,(H,19,21). The second-order valence-corrected chi connectivity index (χ2v) is 5.23. The van der Waals surface area contributed by atoms with E-state index in [2.05, 4.69) is 17.2 Å². The molecule has 0 fully saturated rings. The van der Waals surface area contributed by atoms with Crippen molar-refractivity contribution in [2.45, 2.75) is 39.5 Å². The predicted molar refractivity (Wildman–Crippen MR) is 82.9 cm³/mol. The van der Waals surface area contributed by atoms with Crippen molar-refractivity contribution in [1.82, 2.24) is 10.3 Å². The van der Waals surface area contributed by atoms with Crippen LogP contribution >= 0.6 is 0 Å². The monoisotopic (exact) mass is 304 g/mol. The number of benzene rings is 1. The maximum Gasteiger partial charge on any atom is 0.226 e. The van der Waals surface area contributed by atoms with Crippen LogP contribution in [-0.2, 0) is 11.2 Å². The summed E-state index contributed by atoms with van der Waals surface area (Å²) in [5, 5.41) is 2.88. The van der Waals surface area contributed by atoms with Gasteiger partial charge in [-0.3, -0.25) is 4.79 Å². The molecule has 0 atom stereocenters. The highest BCUT2D eigenvalue weighted by atomic mass is 19.1. The van der Waals surface area contributed by atoms with Gasteiger partial charge >= 0.3 is 0 Å². The zero-order chi connectivity index (χ0) is 15.9. The third-order valence-electron chi connectivity index (χ3n) is 3.43. The molecule has 5 heteroatoms. The number of rotatable bonds is 7. The molecule has 1 N–H and O–H groups in total. The number of aryl methyl sites for hydroxylation is 1. The lowest BCUT2D eigenvalue weighted by Gasteiger charge is -2.03. The molecule has 1 aromatic heterocycles. The van der Waals surface area contributed by atoms with Gasteiger partial charge in [-0.05, 0) is 37.6 Å². The average molecular weight is 304 g/mol. The maximum absolute atomic E-state index is 12.9. The Labute approximate surface area is 129 Å². The maximum atomic E-state index is 12.9. The molecule has 0 saturated heterocycles. The Hall–Kier alpha value is -2.17. The number of hydrogen-bond donors (Lipinski definition) is 1. The Balaban J connectivity index is 1.93. The fraction of sp³-hybridized carbons (Fsp3) is 0.412. The van der Waals surface area contributed by atoms with Gasteiger partial charge in [0.15, 0.2) is 0 Å². The van der Waals surface area contributed by atoms with E-state index in [1.54, 1.807) is 12.1 Å². The van der Waals surface area contributed by atoms with Gasteiger partial charge in [0.1, 0.15) is 11.6 Å². The number of hydrogen-bond acceptors (Lipinski definition) is 3. The second-order valence-electron chi connectivity index (χ2n) is 5.23. The Morgan fingerprint density at radius 2 is 2.05 bits per heavy atom. The van der Waals surface area contributed by atoms with Gasteiger partial charge in [0.25, 0.3) is 0 Å². The normalized spacial score (nSPS) is 10.7. The average Bonchev–Trinajstić information content (AvgIpc) is 2.87. The van der Waals surface area contributed by atoms with E-state index in [1.807, 2.05) is 6.92 Å². The fourth-order valence-corrected chi connectivity index (χ4v) is 2.12. The van der Waals surface area contributed by atoms with Gasteiger partial charge in [-0.2, -0.15) is 0 Å². The van der Waals surface area contributed by atoms with Crippen LogP contribution in [0.3, 0.4) is 0 Å². The van der Waals surface area contributed by atoms with Gasteiger partial charge in [0.05, 0.1) is 5.69 Å². The number of aromatic nitrogens is 1. The summed E-state index contributed by atoms with van der Waals surface area (Å²) in [5.74, 6) is 0.982. The molecule has 0 unspecified atom stereocenters. The minimum atomic E-state index is -0.290. The highest BCUT2D eigenvalue weighted by Crippen LogP contribution is 2.22. The molecule has 0 spiro atoms. The van der Waals surface area contributed by atoms with Crippen LogP contribution in [0.5, 0.6) is 0 Å². The number of unbranched alkanes of at least 4 members (excludes halogenated alkanes) is 1. The van der Waals surface area contributed by atoms with Crippen molar-refractivity contribution in [2.24, 2.45) is 0 Å². The van der Waals surface area contributed by atoms with Crippen LogP contribution in [0.1, 0.15) is 37.6 Å². The van der Waals surface area contributed by atoms with Crippen LogP contribution in [0.15, 0.2) is 28.7 Å². The molecular weight excluding hydrogens is 283 g/mol. The Morgan fingerprint density at radius 1 is 1.32 bits per heavy atom. The first-order valence-corrected chi connectivity index (χ1v) is 7.59. The van der Waals surface area contributed by atoms with Crippen LogP contribution in [0.25, 0.3) is 11.5 Å². The Bertz CT molecular complexity index is 620. The highest BCUT2D eigenvalue weighted by Gasteiger charge is 2.11. The first kappa shape index (κ1) is 16.2. The van der Waals surface area contributed by atoms with E-state index >= 15 is 0 Å². The molecule has 0 radical (unpaired) electrons. The molecule has 22 heavy (non-hydrogen) atoms. The molecule has 1 heterocycles. The molecule has 2 aromatic rings. The van der Waals surface area contributed by atoms with Crippen molar-refractivity contribution >= 4 is 5.91 Å². The number of nitrogens with one attached hydrogen (secondary N) is 1. The van der Waals surface area contributed by atoms with Crippen LogP contribution in [-0.4, -0.2) is 17.4 Å². The number of nitrogens with zero attached hydrogens (tertiary/aromatic N) is 1. The lowest BCUT2D eigenvalue weighted by Crippen LogP contribution is -2.25. The van der Waals surface area contributed by atoms with Crippen molar-refractivity contribution < 1.29 is 13.6 Å². The molecule has 4 nitrogen and oxygen atoms in total. The van der Waals surface area contributed by atoms with Crippen molar-refractivity contribution in [3.05, 3.63) is 41.5 Å². The molecule has 118 valence electrons. The zero-order valence-electron chi connectivity index (χ0n) is 13.0. The predicted octanol–water partition coefficient (Wildman–Crippen LogP) is 3.64. The molecule has 0 bridgehead atoms. The summed E-state index contributed by atoms with van der Waals surface area (Å²) < 4.78 is 18.5. The topological polar surface area (TPSA) is 55.1 Å². The number of oxazole rings is 1. The van der Waals surface area contributed by atoms with E-state index in [-0.39, 0.29) is 11.7 Å². The summed E-state index contributed by atoms with van der Waals surface area (Å²) in [5.41, 5.74) is 1.55. The van der Waals surface area contributed by atoms with E-state index in [0.717, 1.165) is 29.9 Å². The van der Waals surface area contributed by atoms with Gasteiger partial charge in [-0.25, -0.2) is 9.37 Å². The Kier molecular flexibility index (Phi) is 5.69.